The van der Waals surface area contributed by atoms with Crippen LogP contribution in [0.25, 0.3) is 11.4 Å². The molecule has 3 aromatic rings. The van der Waals surface area contributed by atoms with Crippen LogP contribution in [-0.2, 0) is 16.1 Å². The molecule has 3 heterocycles. The summed E-state index contributed by atoms with van der Waals surface area (Å²) >= 11 is 0. The van der Waals surface area contributed by atoms with Gasteiger partial charge in [0.2, 0.25) is 0 Å². The maximum atomic E-state index is 11.6. The second kappa shape index (κ2) is 8.87. The van der Waals surface area contributed by atoms with Crippen LogP contribution in [-0.4, -0.2) is 34.5 Å². The Labute approximate surface area is 169 Å². The predicted molar refractivity (Wildman–Crippen MR) is 106 cm³/mol. The molecule has 29 heavy (non-hydrogen) atoms. The monoisotopic (exact) mass is 393 g/mol. The highest BCUT2D eigenvalue weighted by molar-refractivity contribution is 5.89. The Kier molecular flexibility index (Phi) is 5.86. The van der Waals surface area contributed by atoms with E-state index in [1.807, 2.05) is 28.9 Å². The summed E-state index contributed by atoms with van der Waals surface area (Å²) in [5.41, 5.74) is 3.12. The topological polar surface area (TPSA) is 75.5 Å². The van der Waals surface area contributed by atoms with Crippen LogP contribution in [0.3, 0.4) is 0 Å². The fourth-order valence-corrected chi connectivity index (χ4v) is 3.35. The van der Waals surface area contributed by atoms with Gasteiger partial charge in [-0.3, -0.25) is 4.98 Å². The first kappa shape index (κ1) is 19.1. The molecule has 0 bridgehead atoms. The molecule has 7 nitrogen and oxygen atoms in total. The molecule has 0 spiro atoms. The molecule has 2 aromatic heterocycles. The van der Waals surface area contributed by atoms with E-state index < -0.39 is 0 Å². The number of rotatable bonds is 6. The molecule has 1 aliphatic rings. The Balaban J connectivity index is 1.43. The summed E-state index contributed by atoms with van der Waals surface area (Å²) < 4.78 is 18.3. The fraction of sp³-hybridized carbons (Fsp3) is 0.318. The Bertz CT molecular complexity index is 962. The third kappa shape index (κ3) is 4.46. The van der Waals surface area contributed by atoms with Gasteiger partial charge in [-0.2, -0.15) is 5.10 Å². The number of hydrogen-bond donors (Lipinski definition) is 0. The van der Waals surface area contributed by atoms with Crippen LogP contribution in [0.1, 0.15) is 41.4 Å². The van der Waals surface area contributed by atoms with Crippen LogP contribution < -0.4 is 4.74 Å². The molecule has 0 aliphatic carbocycles. The molecule has 0 radical (unpaired) electrons. The number of aromatic nitrogens is 3. The summed E-state index contributed by atoms with van der Waals surface area (Å²) in [5.74, 6) is 0.286. The predicted octanol–water partition coefficient (Wildman–Crippen LogP) is 4.01. The van der Waals surface area contributed by atoms with Crippen molar-refractivity contribution < 1.29 is 19.0 Å². The molecule has 7 heteroatoms. The maximum absolute atomic E-state index is 11.6. The molecule has 150 valence electrons. The summed E-state index contributed by atoms with van der Waals surface area (Å²) in [4.78, 5) is 16.2. The highest BCUT2D eigenvalue weighted by atomic mass is 16.5. The summed E-state index contributed by atoms with van der Waals surface area (Å²) in [6, 6.07) is 12.9. The number of hydrogen-bond acceptors (Lipinski definition) is 6. The van der Waals surface area contributed by atoms with E-state index in [0.29, 0.717) is 17.9 Å². The van der Waals surface area contributed by atoms with Gasteiger partial charge in [0.15, 0.2) is 6.23 Å². The fourth-order valence-electron chi connectivity index (χ4n) is 3.35. The Morgan fingerprint density at radius 3 is 2.93 bits per heavy atom. The standard InChI is InChI=1S/C22H23N3O4/c1-27-22(26)17-6-4-5-16(13-17)15-29-18-8-9-19(23-14-18)20-10-11-24-25(20)21-7-2-3-12-28-21/h4-6,8-11,13-14,21H,2-3,7,12,15H2,1H3. The van der Waals surface area contributed by atoms with Gasteiger partial charge in [0.25, 0.3) is 0 Å². The van der Waals surface area contributed by atoms with E-state index >= 15 is 0 Å². The van der Waals surface area contributed by atoms with E-state index in [1.54, 1.807) is 30.6 Å². The normalized spacial score (nSPS) is 16.4. The lowest BCUT2D eigenvalue weighted by Crippen LogP contribution is -2.20. The number of nitrogens with zero attached hydrogens (tertiary/aromatic N) is 3. The maximum Gasteiger partial charge on any atom is 0.337 e. The summed E-state index contributed by atoms with van der Waals surface area (Å²) in [7, 11) is 1.37. The number of pyridine rings is 1. The van der Waals surface area contributed by atoms with Crippen LogP contribution >= 0.6 is 0 Å². The van der Waals surface area contributed by atoms with Gasteiger partial charge in [0, 0.05) is 12.8 Å². The van der Waals surface area contributed by atoms with Crippen molar-refractivity contribution in [2.45, 2.75) is 32.1 Å². The SMILES string of the molecule is COC(=O)c1cccc(COc2ccc(-c3ccnn3C3CCCCO3)nc2)c1. The Morgan fingerprint density at radius 1 is 1.24 bits per heavy atom. The summed E-state index contributed by atoms with van der Waals surface area (Å²) in [5, 5.41) is 4.43. The average molecular weight is 393 g/mol. The molecule has 0 amide bonds. The molecule has 0 saturated carbocycles. The van der Waals surface area contributed by atoms with E-state index in [0.717, 1.165) is 42.8 Å². The molecule has 1 saturated heterocycles. The molecule has 0 N–H and O–H groups in total. The molecule has 1 unspecified atom stereocenters. The largest absolute Gasteiger partial charge is 0.487 e. The van der Waals surface area contributed by atoms with Crippen molar-refractivity contribution >= 4 is 5.97 Å². The lowest BCUT2D eigenvalue weighted by molar-refractivity contribution is -0.0384. The Hall–Kier alpha value is -3.19. The van der Waals surface area contributed by atoms with Gasteiger partial charge in [0.05, 0.1) is 30.3 Å². The molecular weight excluding hydrogens is 370 g/mol. The van der Waals surface area contributed by atoms with E-state index in [9.17, 15) is 4.79 Å². The van der Waals surface area contributed by atoms with Crippen LogP contribution in [0.15, 0.2) is 54.9 Å². The highest BCUT2D eigenvalue weighted by Gasteiger charge is 2.20. The van der Waals surface area contributed by atoms with Crippen molar-refractivity contribution in [1.29, 1.82) is 0 Å². The summed E-state index contributed by atoms with van der Waals surface area (Å²) in [6.45, 7) is 1.10. The Morgan fingerprint density at radius 2 is 2.17 bits per heavy atom. The molecule has 1 atom stereocenters. The van der Waals surface area contributed by atoms with Crippen LogP contribution in [0.4, 0.5) is 0 Å². The van der Waals surface area contributed by atoms with Gasteiger partial charge in [0.1, 0.15) is 12.4 Å². The number of ether oxygens (including phenoxy) is 3. The van der Waals surface area contributed by atoms with E-state index in [4.69, 9.17) is 14.2 Å². The number of carbonyl (C=O) groups excluding carboxylic acids is 1. The average Bonchev–Trinajstić information content (AvgIpc) is 3.28. The first-order chi connectivity index (χ1) is 14.2. The third-order valence-corrected chi connectivity index (χ3v) is 4.85. The van der Waals surface area contributed by atoms with Gasteiger partial charge in [-0.25, -0.2) is 9.48 Å². The van der Waals surface area contributed by atoms with Gasteiger partial charge in [-0.05, 0) is 55.2 Å². The van der Waals surface area contributed by atoms with Crippen LogP contribution in [0.2, 0.25) is 0 Å². The van der Waals surface area contributed by atoms with Crippen molar-refractivity contribution in [2.24, 2.45) is 0 Å². The minimum atomic E-state index is -0.364. The second-order valence-corrected chi connectivity index (χ2v) is 6.84. The molecule has 1 fully saturated rings. The van der Waals surface area contributed by atoms with Gasteiger partial charge in [-0.15, -0.1) is 0 Å². The lowest BCUT2D eigenvalue weighted by atomic mass is 10.1. The number of methoxy groups -OCH3 is 1. The number of benzene rings is 1. The van der Waals surface area contributed by atoms with Crippen LogP contribution in [0, 0.1) is 0 Å². The zero-order chi connectivity index (χ0) is 20.1. The molecule has 1 aliphatic heterocycles. The summed E-state index contributed by atoms with van der Waals surface area (Å²) in [6.07, 6.45) is 6.63. The van der Waals surface area contributed by atoms with Crippen molar-refractivity contribution in [1.82, 2.24) is 14.8 Å². The van der Waals surface area contributed by atoms with Gasteiger partial charge < -0.3 is 14.2 Å². The van der Waals surface area contributed by atoms with Gasteiger partial charge >= 0.3 is 5.97 Å². The molecule has 4 rings (SSSR count). The van der Waals surface area contributed by atoms with Crippen molar-refractivity contribution in [3.05, 3.63) is 66.0 Å². The molecular formula is C22H23N3O4. The van der Waals surface area contributed by atoms with Gasteiger partial charge in [-0.1, -0.05) is 12.1 Å². The third-order valence-electron chi connectivity index (χ3n) is 4.85. The first-order valence-corrected chi connectivity index (χ1v) is 9.66. The van der Waals surface area contributed by atoms with Crippen molar-refractivity contribution in [3.8, 4) is 17.1 Å². The minimum Gasteiger partial charge on any atom is -0.487 e. The second-order valence-electron chi connectivity index (χ2n) is 6.84. The van der Waals surface area contributed by atoms with Crippen molar-refractivity contribution in [3.63, 3.8) is 0 Å². The van der Waals surface area contributed by atoms with E-state index in [1.165, 1.54) is 7.11 Å². The number of esters is 1. The molecule has 1 aromatic carbocycles. The highest BCUT2D eigenvalue weighted by Crippen LogP contribution is 2.28. The zero-order valence-corrected chi connectivity index (χ0v) is 16.3. The zero-order valence-electron chi connectivity index (χ0n) is 16.3. The quantitative estimate of drug-likeness (QED) is 0.589. The van der Waals surface area contributed by atoms with Crippen molar-refractivity contribution in [2.75, 3.05) is 13.7 Å². The van der Waals surface area contributed by atoms with Crippen LogP contribution in [0.5, 0.6) is 5.75 Å². The number of carbonyl (C=O) groups is 1. The minimum absolute atomic E-state index is 0.0337. The van der Waals surface area contributed by atoms with E-state index in [2.05, 4.69) is 10.1 Å². The first-order valence-electron chi connectivity index (χ1n) is 9.66. The van der Waals surface area contributed by atoms with E-state index in [-0.39, 0.29) is 12.2 Å². The lowest BCUT2D eigenvalue weighted by Gasteiger charge is -2.24. The smallest absolute Gasteiger partial charge is 0.337 e.